The molecule has 0 N–H and O–H groups in total. The number of halogens is 3. The van der Waals surface area contributed by atoms with Gasteiger partial charge in [-0.05, 0) is 37.8 Å². The molecule has 5 rings (SSSR count). The Morgan fingerprint density at radius 3 is 2.86 bits per heavy atom. The molecule has 2 aromatic rings. The van der Waals surface area contributed by atoms with Crippen molar-refractivity contribution >= 4 is 27.4 Å². The minimum absolute atomic E-state index is 0.265. The Labute approximate surface area is 171 Å². The number of likely N-dealkylation sites (tertiary alicyclic amines) is 1. The number of ether oxygens (including phenoxy) is 1. The molecule has 9 heteroatoms. The van der Waals surface area contributed by atoms with E-state index in [2.05, 4.69) is 19.8 Å². The van der Waals surface area contributed by atoms with Crippen LogP contribution in [0, 0.1) is 11.3 Å². The second-order valence-electron chi connectivity index (χ2n) is 8.81. The number of nitrogens with zero attached hydrogens (tertiary/aromatic N) is 4. The van der Waals surface area contributed by atoms with Gasteiger partial charge in [-0.25, -0.2) is 9.97 Å². The van der Waals surface area contributed by atoms with E-state index in [1.165, 1.54) is 12.7 Å². The quantitative estimate of drug-likeness (QED) is 0.745. The highest BCUT2D eigenvalue weighted by atomic mass is 32.1. The summed E-state index contributed by atoms with van der Waals surface area (Å²) in [6.07, 6.45) is -0.185. The van der Waals surface area contributed by atoms with Gasteiger partial charge in [0.1, 0.15) is 17.0 Å². The van der Waals surface area contributed by atoms with E-state index in [0.717, 1.165) is 81.3 Å². The minimum atomic E-state index is -4.20. The van der Waals surface area contributed by atoms with Gasteiger partial charge in [0.05, 0.1) is 18.4 Å². The summed E-state index contributed by atoms with van der Waals surface area (Å²) < 4.78 is 43.9. The lowest BCUT2D eigenvalue weighted by Gasteiger charge is -2.26. The molecule has 2 unspecified atom stereocenters. The standard InChI is InChI=1S/C20H25F3N4OS/c21-20(22,23)8-15-7-16-17(24-13-25-18(16)29-15)27-5-3-19(12-27)2-4-26(11-19)9-14-1-6-28-10-14/h7,13-14H,1-6,8-12H2. The summed E-state index contributed by atoms with van der Waals surface area (Å²) >= 11 is 1.12. The molecule has 3 saturated heterocycles. The molecule has 5 heterocycles. The van der Waals surface area contributed by atoms with Crippen LogP contribution in [0.4, 0.5) is 19.0 Å². The number of thiophene rings is 1. The third kappa shape index (κ3) is 4.09. The summed E-state index contributed by atoms with van der Waals surface area (Å²) in [6.45, 7) is 6.92. The van der Waals surface area contributed by atoms with Gasteiger partial charge in [0, 0.05) is 43.1 Å². The maximum Gasteiger partial charge on any atom is 0.393 e. The van der Waals surface area contributed by atoms with E-state index in [9.17, 15) is 13.2 Å². The topological polar surface area (TPSA) is 41.5 Å². The zero-order chi connectivity index (χ0) is 20.1. The lowest BCUT2D eigenvalue weighted by molar-refractivity contribution is -0.126. The van der Waals surface area contributed by atoms with E-state index in [1.807, 2.05) is 0 Å². The number of aromatic nitrogens is 2. The van der Waals surface area contributed by atoms with Crippen LogP contribution >= 0.6 is 11.3 Å². The van der Waals surface area contributed by atoms with Crippen molar-refractivity contribution in [3.05, 3.63) is 17.3 Å². The number of fused-ring (bicyclic) bond motifs is 1. The molecule has 158 valence electrons. The first-order chi connectivity index (χ1) is 13.9. The van der Waals surface area contributed by atoms with Gasteiger partial charge in [-0.1, -0.05) is 0 Å². The average Bonchev–Trinajstić information content (AvgIpc) is 3.42. The van der Waals surface area contributed by atoms with Crippen LogP contribution in [0.2, 0.25) is 0 Å². The molecule has 5 nitrogen and oxygen atoms in total. The third-order valence-corrected chi connectivity index (χ3v) is 7.57. The summed E-state index contributed by atoms with van der Waals surface area (Å²) in [5.74, 6) is 1.45. The summed E-state index contributed by atoms with van der Waals surface area (Å²) in [5.41, 5.74) is 0.265. The largest absolute Gasteiger partial charge is 0.393 e. The number of rotatable bonds is 4. The highest BCUT2D eigenvalue weighted by Crippen LogP contribution is 2.43. The van der Waals surface area contributed by atoms with Crippen molar-refractivity contribution in [3.8, 4) is 0 Å². The molecule has 1 spiro atoms. The van der Waals surface area contributed by atoms with Crippen molar-refractivity contribution in [2.75, 3.05) is 50.8 Å². The fraction of sp³-hybridized carbons (Fsp3) is 0.700. The molecular formula is C20H25F3N4OS. The Bertz CT molecular complexity index is 882. The van der Waals surface area contributed by atoms with Crippen molar-refractivity contribution in [2.45, 2.75) is 31.9 Å². The molecule has 0 amide bonds. The van der Waals surface area contributed by atoms with Crippen LogP contribution in [0.1, 0.15) is 24.1 Å². The molecular weight excluding hydrogens is 401 g/mol. The summed E-state index contributed by atoms with van der Waals surface area (Å²) in [4.78, 5) is 14.5. The third-order valence-electron chi connectivity index (χ3n) is 6.53. The average molecular weight is 427 g/mol. The lowest BCUT2D eigenvalue weighted by Crippen LogP contribution is -2.33. The fourth-order valence-electron chi connectivity index (χ4n) is 5.15. The molecule has 3 fully saturated rings. The fourth-order valence-corrected chi connectivity index (χ4v) is 6.18. The van der Waals surface area contributed by atoms with E-state index in [0.29, 0.717) is 15.6 Å². The first-order valence-corrected chi connectivity index (χ1v) is 11.1. The van der Waals surface area contributed by atoms with Crippen LogP contribution in [-0.4, -0.2) is 67.0 Å². The van der Waals surface area contributed by atoms with Gasteiger partial charge in [-0.3, -0.25) is 0 Å². The minimum Gasteiger partial charge on any atom is -0.381 e. The first kappa shape index (κ1) is 19.5. The van der Waals surface area contributed by atoms with E-state index < -0.39 is 12.6 Å². The van der Waals surface area contributed by atoms with Gasteiger partial charge >= 0.3 is 6.18 Å². The molecule has 29 heavy (non-hydrogen) atoms. The SMILES string of the molecule is FC(F)(F)Cc1cc2c(N3CCC4(CCN(CC5CCOC5)C4)C3)ncnc2s1. The Morgan fingerprint density at radius 2 is 2.07 bits per heavy atom. The number of hydrogen-bond acceptors (Lipinski definition) is 6. The monoisotopic (exact) mass is 426 g/mol. The van der Waals surface area contributed by atoms with Crippen molar-refractivity contribution < 1.29 is 17.9 Å². The molecule has 0 aromatic carbocycles. The van der Waals surface area contributed by atoms with Crippen LogP contribution in [0.3, 0.4) is 0 Å². The van der Waals surface area contributed by atoms with E-state index in [1.54, 1.807) is 6.07 Å². The van der Waals surface area contributed by atoms with Crippen molar-refractivity contribution in [1.82, 2.24) is 14.9 Å². The van der Waals surface area contributed by atoms with Crippen LogP contribution in [0.15, 0.2) is 12.4 Å². The Hall–Kier alpha value is -1.45. The number of hydrogen-bond donors (Lipinski definition) is 0. The summed E-state index contributed by atoms with van der Waals surface area (Å²) in [5, 5.41) is 0.756. The molecule has 3 aliphatic heterocycles. The van der Waals surface area contributed by atoms with Crippen LogP contribution in [0.25, 0.3) is 10.2 Å². The smallest absolute Gasteiger partial charge is 0.381 e. The maximum atomic E-state index is 12.8. The Kier molecular flexibility index (Phi) is 4.95. The van der Waals surface area contributed by atoms with E-state index in [4.69, 9.17) is 4.74 Å². The number of anilines is 1. The molecule has 0 saturated carbocycles. The Balaban J connectivity index is 1.30. The second-order valence-corrected chi connectivity index (χ2v) is 9.92. The lowest BCUT2D eigenvalue weighted by atomic mass is 9.86. The van der Waals surface area contributed by atoms with E-state index in [-0.39, 0.29) is 5.41 Å². The van der Waals surface area contributed by atoms with Gasteiger partial charge in [0.15, 0.2) is 0 Å². The molecule has 0 bridgehead atoms. The highest BCUT2D eigenvalue weighted by Gasteiger charge is 2.44. The van der Waals surface area contributed by atoms with Gasteiger partial charge < -0.3 is 14.5 Å². The highest BCUT2D eigenvalue weighted by molar-refractivity contribution is 7.18. The normalized spacial score (nSPS) is 28.4. The molecule has 2 aromatic heterocycles. The van der Waals surface area contributed by atoms with Crippen molar-refractivity contribution in [1.29, 1.82) is 0 Å². The molecule has 2 atom stereocenters. The van der Waals surface area contributed by atoms with Gasteiger partial charge in [0.25, 0.3) is 0 Å². The summed E-state index contributed by atoms with van der Waals surface area (Å²) in [7, 11) is 0. The molecule has 0 radical (unpaired) electrons. The van der Waals surface area contributed by atoms with Crippen molar-refractivity contribution in [3.63, 3.8) is 0 Å². The second kappa shape index (κ2) is 7.35. The van der Waals surface area contributed by atoms with E-state index >= 15 is 0 Å². The Morgan fingerprint density at radius 1 is 1.21 bits per heavy atom. The summed E-state index contributed by atoms with van der Waals surface area (Å²) in [6, 6.07) is 1.63. The first-order valence-electron chi connectivity index (χ1n) is 10.2. The zero-order valence-corrected chi connectivity index (χ0v) is 17.1. The van der Waals surface area contributed by atoms with Crippen LogP contribution in [-0.2, 0) is 11.2 Å². The van der Waals surface area contributed by atoms with Gasteiger partial charge in [-0.2, -0.15) is 13.2 Å². The molecule has 0 aliphatic carbocycles. The predicted octanol–water partition coefficient (Wildman–Crippen LogP) is 3.73. The maximum absolute atomic E-state index is 12.8. The van der Waals surface area contributed by atoms with Crippen molar-refractivity contribution in [2.24, 2.45) is 11.3 Å². The van der Waals surface area contributed by atoms with Crippen LogP contribution in [0.5, 0.6) is 0 Å². The zero-order valence-electron chi connectivity index (χ0n) is 16.2. The van der Waals surface area contributed by atoms with Crippen LogP contribution < -0.4 is 4.90 Å². The van der Waals surface area contributed by atoms with Gasteiger partial charge in [0.2, 0.25) is 0 Å². The van der Waals surface area contributed by atoms with Gasteiger partial charge in [-0.15, -0.1) is 11.3 Å². The predicted molar refractivity (Wildman–Crippen MR) is 106 cm³/mol. The molecule has 3 aliphatic rings. The number of alkyl halides is 3.